The third-order valence-corrected chi connectivity index (χ3v) is 3.56. The second-order valence-electron chi connectivity index (χ2n) is 5.52. The van der Waals surface area contributed by atoms with Gasteiger partial charge < -0.3 is 10.1 Å². The van der Waals surface area contributed by atoms with Gasteiger partial charge in [-0.1, -0.05) is 12.1 Å². The van der Waals surface area contributed by atoms with Crippen molar-refractivity contribution in [2.45, 2.75) is 6.54 Å². The van der Waals surface area contributed by atoms with Crippen LogP contribution in [-0.4, -0.2) is 27.8 Å². The van der Waals surface area contributed by atoms with Gasteiger partial charge in [0.15, 0.2) is 0 Å². The van der Waals surface area contributed by atoms with Crippen molar-refractivity contribution in [3.63, 3.8) is 0 Å². The number of anilines is 1. The van der Waals surface area contributed by atoms with Crippen LogP contribution in [0.25, 0.3) is 11.3 Å². The first-order valence-corrected chi connectivity index (χ1v) is 7.79. The van der Waals surface area contributed by atoms with Crippen LogP contribution >= 0.6 is 0 Å². The lowest BCUT2D eigenvalue weighted by atomic mass is 10.1. The highest BCUT2D eigenvalue weighted by Gasteiger charge is 2.10. The zero-order valence-electron chi connectivity index (χ0n) is 14.1. The van der Waals surface area contributed by atoms with Gasteiger partial charge in [-0.15, -0.1) is 0 Å². The summed E-state index contributed by atoms with van der Waals surface area (Å²) in [6.07, 6.45) is 1.34. The van der Waals surface area contributed by atoms with Crippen LogP contribution in [0, 0.1) is 11.6 Å². The molecule has 7 nitrogen and oxygen atoms in total. The van der Waals surface area contributed by atoms with Gasteiger partial charge in [-0.05, 0) is 24.3 Å². The van der Waals surface area contributed by atoms with Crippen LogP contribution in [0.2, 0.25) is 0 Å². The Labute approximate surface area is 152 Å². The third-order valence-electron chi connectivity index (χ3n) is 3.56. The maximum Gasteiger partial charge on any atom is 0.365 e. The van der Waals surface area contributed by atoms with Gasteiger partial charge in [0.05, 0.1) is 19.0 Å². The quantitative estimate of drug-likeness (QED) is 0.742. The van der Waals surface area contributed by atoms with Gasteiger partial charge in [0.25, 0.3) is 0 Å². The van der Waals surface area contributed by atoms with Crippen LogP contribution in [0.3, 0.4) is 0 Å². The fourth-order valence-corrected chi connectivity index (χ4v) is 2.36. The lowest BCUT2D eigenvalue weighted by Crippen LogP contribution is -2.31. The van der Waals surface area contributed by atoms with Crippen molar-refractivity contribution in [1.82, 2.24) is 14.8 Å². The molecule has 0 spiro atoms. The van der Waals surface area contributed by atoms with Crippen LogP contribution in [-0.2, 0) is 11.3 Å². The summed E-state index contributed by atoms with van der Waals surface area (Å²) in [5.74, 6) is -1.74. The number of methoxy groups -OCH3 is 1. The Morgan fingerprint density at radius 3 is 2.59 bits per heavy atom. The first-order valence-electron chi connectivity index (χ1n) is 7.79. The van der Waals surface area contributed by atoms with Gasteiger partial charge in [0.1, 0.15) is 23.9 Å². The van der Waals surface area contributed by atoms with Crippen LogP contribution in [0.1, 0.15) is 0 Å². The molecule has 0 aliphatic rings. The Balaban J connectivity index is 1.75. The Hall–Kier alpha value is -3.62. The van der Waals surface area contributed by atoms with E-state index in [0.717, 1.165) is 16.8 Å². The molecule has 0 bridgehead atoms. The Morgan fingerprint density at radius 2 is 1.93 bits per heavy atom. The number of hydrogen-bond donors (Lipinski definition) is 1. The van der Waals surface area contributed by atoms with Crippen molar-refractivity contribution in [2.24, 2.45) is 0 Å². The van der Waals surface area contributed by atoms with E-state index in [2.05, 4.69) is 15.4 Å². The number of nitrogens with zero attached hydrogens (tertiary/aromatic N) is 3. The van der Waals surface area contributed by atoms with Crippen molar-refractivity contribution < 1.29 is 18.3 Å². The van der Waals surface area contributed by atoms with E-state index in [1.165, 1.54) is 13.3 Å². The molecule has 0 saturated carbocycles. The highest BCUT2D eigenvalue weighted by Crippen LogP contribution is 2.20. The summed E-state index contributed by atoms with van der Waals surface area (Å²) in [6.45, 7) is -0.456. The van der Waals surface area contributed by atoms with Gasteiger partial charge in [0, 0.05) is 17.3 Å². The van der Waals surface area contributed by atoms with E-state index in [4.69, 9.17) is 4.74 Å². The molecule has 0 aliphatic carbocycles. The third kappa shape index (κ3) is 4.51. The highest BCUT2D eigenvalue weighted by atomic mass is 19.1. The van der Waals surface area contributed by atoms with Crippen molar-refractivity contribution in [1.29, 1.82) is 0 Å². The molecule has 0 saturated heterocycles. The predicted octanol–water partition coefficient (Wildman–Crippen LogP) is 2.23. The monoisotopic (exact) mass is 372 g/mol. The SMILES string of the molecule is COc1cccc(-c2cnn(CC(=O)Nc3cc(F)cc(F)c3)c(=O)n2)c1. The maximum atomic E-state index is 13.2. The second-order valence-corrected chi connectivity index (χ2v) is 5.52. The molecule has 3 rings (SSSR count). The van der Waals surface area contributed by atoms with Crippen LogP contribution in [0.15, 0.2) is 53.5 Å². The molecule has 0 aliphatic heterocycles. The molecule has 2 aromatic carbocycles. The number of aromatic nitrogens is 3. The minimum atomic E-state index is -0.829. The van der Waals surface area contributed by atoms with Gasteiger partial charge in [0.2, 0.25) is 5.91 Å². The minimum absolute atomic E-state index is 0.0634. The molecule has 0 atom stereocenters. The number of hydrogen-bond acceptors (Lipinski definition) is 5. The lowest BCUT2D eigenvalue weighted by Gasteiger charge is -2.08. The molecule has 1 N–H and O–H groups in total. The molecule has 0 fully saturated rings. The smallest absolute Gasteiger partial charge is 0.365 e. The second kappa shape index (κ2) is 7.73. The highest BCUT2D eigenvalue weighted by molar-refractivity contribution is 5.90. The van der Waals surface area contributed by atoms with E-state index in [1.54, 1.807) is 24.3 Å². The number of nitrogens with one attached hydrogen (secondary N) is 1. The molecule has 9 heteroatoms. The molecular formula is C18H14F2N4O3. The number of halogens is 2. The molecule has 0 unspecified atom stereocenters. The summed E-state index contributed by atoms with van der Waals surface area (Å²) in [7, 11) is 1.52. The summed E-state index contributed by atoms with van der Waals surface area (Å²) in [6, 6.07) is 9.52. The molecule has 138 valence electrons. The minimum Gasteiger partial charge on any atom is -0.497 e. The number of amides is 1. The zero-order chi connectivity index (χ0) is 19.4. The number of rotatable bonds is 5. The number of carbonyl (C=O) groups is 1. The summed E-state index contributed by atoms with van der Waals surface area (Å²) in [5.41, 5.74) is 0.149. The molecule has 1 heterocycles. The van der Waals surface area contributed by atoms with Gasteiger partial charge in [-0.3, -0.25) is 4.79 Å². The van der Waals surface area contributed by atoms with Crippen molar-refractivity contribution in [3.05, 3.63) is 70.8 Å². The normalized spacial score (nSPS) is 10.5. The van der Waals surface area contributed by atoms with Crippen LogP contribution in [0.5, 0.6) is 5.75 Å². The fourth-order valence-electron chi connectivity index (χ4n) is 2.36. The average Bonchev–Trinajstić information content (AvgIpc) is 2.62. The van der Waals surface area contributed by atoms with Crippen molar-refractivity contribution in [3.8, 4) is 17.0 Å². The molecule has 3 aromatic rings. The number of ether oxygens (including phenoxy) is 1. The van der Waals surface area contributed by atoms with Crippen molar-refractivity contribution >= 4 is 11.6 Å². The Bertz CT molecular complexity index is 1030. The molecule has 1 amide bonds. The topological polar surface area (TPSA) is 86.1 Å². The molecule has 0 radical (unpaired) electrons. The first-order chi connectivity index (χ1) is 12.9. The van der Waals surface area contributed by atoms with Gasteiger partial charge in [-0.25, -0.2) is 18.3 Å². The van der Waals surface area contributed by atoms with Gasteiger partial charge in [-0.2, -0.15) is 10.1 Å². The van der Waals surface area contributed by atoms with E-state index in [-0.39, 0.29) is 5.69 Å². The van der Waals surface area contributed by atoms with E-state index in [1.807, 2.05) is 0 Å². The van der Waals surface area contributed by atoms with Crippen LogP contribution in [0.4, 0.5) is 14.5 Å². The Morgan fingerprint density at radius 1 is 1.19 bits per heavy atom. The molecule has 1 aromatic heterocycles. The standard InChI is InChI=1S/C18H14F2N4O3/c1-27-15-4-2-3-11(5-15)16-9-21-24(18(26)23-16)10-17(25)22-14-7-12(19)6-13(20)8-14/h2-9H,10H2,1H3,(H,22,25). The lowest BCUT2D eigenvalue weighted by molar-refractivity contribution is -0.117. The summed E-state index contributed by atoms with van der Waals surface area (Å²) >= 11 is 0. The first kappa shape index (κ1) is 18.2. The van der Waals surface area contributed by atoms with E-state index in [0.29, 0.717) is 23.1 Å². The number of benzene rings is 2. The van der Waals surface area contributed by atoms with E-state index < -0.39 is 29.8 Å². The maximum absolute atomic E-state index is 13.2. The average molecular weight is 372 g/mol. The van der Waals surface area contributed by atoms with Crippen LogP contribution < -0.4 is 15.7 Å². The summed E-state index contributed by atoms with van der Waals surface area (Å²) in [4.78, 5) is 28.0. The predicted molar refractivity (Wildman–Crippen MR) is 93.3 cm³/mol. The fraction of sp³-hybridized carbons (Fsp3) is 0.111. The molecule has 27 heavy (non-hydrogen) atoms. The van der Waals surface area contributed by atoms with Crippen molar-refractivity contribution in [2.75, 3.05) is 12.4 Å². The number of carbonyl (C=O) groups excluding carboxylic acids is 1. The zero-order valence-corrected chi connectivity index (χ0v) is 14.1. The Kier molecular flexibility index (Phi) is 5.20. The molecular weight excluding hydrogens is 358 g/mol. The largest absolute Gasteiger partial charge is 0.497 e. The van der Waals surface area contributed by atoms with E-state index in [9.17, 15) is 18.4 Å². The summed E-state index contributed by atoms with van der Waals surface area (Å²) < 4.78 is 32.3. The van der Waals surface area contributed by atoms with Gasteiger partial charge >= 0.3 is 5.69 Å². The van der Waals surface area contributed by atoms with E-state index >= 15 is 0 Å². The summed E-state index contributed by atoms with van der Waals surface area (Å²) in [5, 5.41) is 6.22.